The molecule has 2 aromatic heterocycles. The minimum atomic E-state index is -0.934. The molecule has 0 aliphatic carbocycles. The number of aromatic nitrogens is 3. The molecule has 1 N–H and O–H groups in total. The number of pyridine rings is 1. The smallest absolute Gasteiger partial charge is 0.326 e. The van der Waals surface area contributed by atoms with Crippen LogP contribution >= 0.6 is 0 Å². The summed E-state index contributed by atoms with van der Waals surface area (Å²) in [6.45, 7) is 6.76. The third-order valence-corrected chi connectivity index (χ3v) is 4.85. The van der Waals surface area contributed by atoms with Crippen LogP contribution in [0.2, 0.25) is 0 Å². The molecule has 2 rings (SSSR count). The van der Waals surface area contributed by atoms with E-state index in [9.17, 15) is 14.7 Å². The van der Waals surface area contributed by atoms with Crippen molar-refractivity contribution in [1.29, 1.82) is 0 Å². The fourth-order valence-corrected chi connectivity index (χ4v) is 3.33. The monoisotopic (exact) mass is 374 g/mol. The second-order valence-corrected chi connectivity index (χ2v) is 7.47. The summed E-state index contributed by atoms with van der Waals surface area (Å²) in [4.78, 5) is 33.7. The topological polar surface area (TPSA) is 88.3 Å². The Hall–Kier alpha value is -2.44. The number of carbonyl (C=O) groups excluding carboxylic acids is 1. The number of unbranched alkanes of at least 4 members (excludes halogenated alkanes) is 2. The molecule has 0 radical (unpaired) electrons. The summed E-state index contributed by atoms with van der Waals surface area (Å²) < 4.78 is 2.17. The summed E-state index contributed by atoms with van der Waals surface area (Å²) in [5.74, 6) is 0.159. The lowest BCUT2D eigenvalue weighted by Gasteiger charge is -2.26. The molecule has 27 heavy (non-hydrogen) atoms. The fraction of sp³-hybridized carbons (Fsp3) is 0.600. The van der Waals surface area contributed by atoms with Gasteiger partial charge >= 0.3 is 5.97 Å². The third kappa shape index (κ3) is 5.52. The van der Waals surface area contributed by atoms with Crippen molar-refractivity contribution >= 4 is 22.9 Å². The Balaban J connectivity index is 1.79. The molecule has 0 saturated heterocycles. The summed E-state index contributed by atoms with van der Waals surface area (Å²) in [5, 5.41) is 9.36. The molecule has 0 spiro atoms. The second kappa shape index (κ2) is 9.48. The summed E-state index contributed by atoms with van der Waals surface area (Å²) in [6.07, 6.45) is 7.00. The highest BCUT2D eigenvalue weighted by Gasteiger charge is 2.26. The average Bonchev–Trinajstić information content (AvgIpc) is 2.93. The van der Waals surface area contributed by atoms with Gasteiger partial charge < -0.3 is 14.6 Å². The minimum Gasteiger partial charge on any atom is -0.480 e. The molecule has 2 aromatic rings. The lowest BCUT2D eigenvalue weighted by Crippen LogP contribution is -2.43. The lowest BCUT2D eigenvalue weighted by atomic mass is 10.0. The lowest BCUT2D eigenvalue weighted by molar-refractivity contribution is -0.149. The van der Waals surface area contributed by atoms with Gasteiger partial charge in [-0.25, -0.2) is 9.78 Å². The molecule has 1 atom stereocenters. The molecule has 0 aromatic carbocycles. The van der Waals surface area contributed by atoms with Crippen LogP contribution in [-0.2, 0) is 16.1 Å². The molecule has 2 heterocycles. The fourth-order valence-electron chi connectivity index (χ4n) is 3.33. The zero-order chi connectivity index (χ0) is 20.0. The molecule has 0 aliphatic rings. The molecular formula is C20H30N4O3. The number of amides is 1. The van der Waals surface area contributed by atoms with E-state index in [1.54, 1.807) is 19.4 Å². The predicted molar refractivity (Wildman–Crippen MR) is 104 cm³/mol. The van der Waals surface area contributed by atoms with Gasteiger partial charge in [-0.05, 0) is 38.2 Å². The molecule has 1 amide bonds. The highest BCUT2D eigenvalue weighted by atomic mass is 16.4. The molecule has 0 fully saturated rings. The first kappa shape index (κ1) is 20.9. The van der Waals surface area contributed by atoms with Crippen molar-refractivity contribution in [3.63, 3.8) is 0 Å². The number of aryl methyl sites for hydroxylation is 2. The number of hydrogen-bond acceptors (Lipinski definition) is 4. The average molecular weight is 374 g/mol. The predicted octanol–water partition coefficient (Wildman–Crippen LogP) is 3.26. The number of aliphatic carboxylic acids is 1. The SMILES string of the molecule is Cc1nc2cnccc2n1CCCCCC(=O)N(C)[C@@H](CC(C)C)C(=O)O. The Kier molecular flexibility index (Phi) is 7.33. The third-order valence-electron chi connectivity index (χ3n) is 4.85. The van der Waals surface area contributed by atoms with Crippen molar-refractivity contribution in [2.24, 2.45) is 5.92 Å². The number of carbonyl (C=O) groups is 2. The first-order valence-electron chi connectivity index (χ1n) is 9.56. The molecule has 148 valence electrons. The van der Waals surface area contributed by atoms with Crippen LogP contribution in [0.4, 0.5) is 0 Å². The van der Waals surface area contributed by atoms with Gasteiger partial charge in [0.05, 0.1) is 11.7 Å². The van der Waals surface area contributed by atoms with Crippen LogP contribution in [0, 0.1) is 12.8 Å². The molecular weight excluding hydrogens is 344 g/mol. The quantitative estimate of drug-likeness (QED) is 0.645. The number of nitrogens with zero attached hydrogens (tertiary/aromatic N) is 4. The van der Waals surface area contributed by atoms with Crippen molar-refractivity contribution in [3.05, 3.63) is 24.3 Å². The Morgan fingerprint density at radius 2 is 2.00 bits per heavy atom. The van der Waals surface area contributed by atoms with Crippen LogP contribution in [0.15, 0.2) is 18.5 Å². The molecule has 0 saturated carbocycles. The molecule has 0 unspecified atom stereocenters. The number of carboxylic acids is 1. The van der Waals surface area contributed by atoms with Crippen molar-refractivity contribution in [1.82, 2.24) is 19.4 Å². The first-order valence-corrected chi connectivity index (χ1v) is 9.56. The maximum Gasteiger partial charge on any atom is 0.326 e. The molecule has 7 nitrogen and oxygen atoms in total. The van der Waals surface area contributed by atoms with Gasteiger partial charge in [-0.3, -0.25) is 9.78 Å². The largest absolute Gasteiger partial charge is 0.480 e. The van der Waals surface area contributed by atoms with Crippen LogP contribution in [-0.4, -0.2) is 49.5 Å². The van der Waals surface area contributed by atoms with Gasteiger partial charge in [0.15, 0.2) is 0 Å². The van der Waals surface area contributed by atoms with Crippen LogP contribution in [0.1, 0.15) is 51.8 Å². The van der Waals surface area contributed by atoms with Crippen molar-refractivity contribution in [3.8, 4) is 0 Å². The zero-order valence-corrected chi connectivity index (χ0v) is 16.7. The Morgan fingerprint density at radius 1 is 1.26 bits per heavy atom. The van der Waals surface area contributed by atoms with Crippen molar-refractivity contribution in [2.75, 3.05) is 7.05 Å². The molecule has 7 heteroatoms. The van der Waals surface area contributed by atoms with Gasteiger partial charge in [0, 0.05) is 26.2 Å². The standard InChI is InChI=1S/C20H30N4O3/c1-14(2)12-18(20(26)27)23(4)19(25)8-6-5-7-11-24-15(3)22-16-13-21-10-9-17(16)24/h9-10,13-14,18H,5-8,11-12H2,1-4H3,(H,26,27)/t18-/m0/s1. The van der Waals surface area contributed by atoms with Gasteiger partial charge in [-0.1, -0.05) is 20.3 Å². The number of rotatable bonds is 10. The number of imidazole rings is 1. The van der Waals surface area contributed by atoms with Crippen molar-refractivity contribution in [2.45, 2.75) is 65.5 Å². The van der Waals surface area contributed by atoms with Crippen LogP contribution in [0.3, 0.4) is 0 Å². The van der Waals surface area contributed by atoms with E-state index in [0.29, 0.717) is 12.8 Å². The van der Waals surface area contributed by atoms with Crippen LogP contribution in [0.5, 0.6) is 0 Å². The van der Waals surface area contributed by atoms with Gasteiger partial charge in [-0.2, -0.15) is 0 Å². The summed E-state index contributed by atoms with van der Waals surface area (Å²) in [5.41, 5.74) is 1.98. The summed E-state index contributed by atoms with van der Waals surface area (Å²) in [6, 6.07) is 1.22. The van der Waals surface area contributed by atoms with E-state index in [2.05, 4.69) is 14.5 Å². The second-order valence-electron chi connectivity index (χ2n) is 7.47. The summed E-state index contributed by atoms with van der Waals surface area (Å²) in [7, 11) is 1.60. The highest BCUT2D eigenvalue weighted by molar-refractivity contribution is 5.83. The van der Waals surface area contributed by atoms with Crippen LogP contribution in [0.25, 0.3) is 11.0 Å². The number of fused-ring (bicyclic) bond motifs is 1. The van der Waals surface area contributed by atoms with Gasteiger partial charge in [0.2, 0.25) is 5.91 Å². The number of likely N-dealkylation sites (N-methyl/N-ethyl adjacent to an activating group) is 1. The summed E-state index contributed by atoms with van der Waals surface area (Å²) >= 11 is 0. The first-order chi connectivity index (χ1) is 12.8. The minimum absolute atomic E-state index is 0.0987. The maximum atomic E-state index is 12.3. The van der Waals surface area contributed by atoms with E-state index >= 15 is 0 Å². The normalized spacial score (nSPS) is 12.5. The van der Waals surface area contributed by atoms with Gasteiger partial charge in [0.25, 0.3) is 0 Å². The number of hydrogen-bond donors (Lipinski definition) is 1. The highest BCUT2D eigenvalue weighted by Crippen LogP contribution is 2.17. The number of carboxylic acid groups (broad SMARTS) is 1. The van der Waals surface area contributed by atoms with E-state index in [4.69, 9.17) is 0 Å². The van der Waals surface area contributed by atoms with E-state index in [1.165, 1.54) is 4.90 Å². The Bertz CT molecular complexity index is 785. The van der Waals surface area contributed by atoms with Gasteiger partial charge in [0.1, 0.15) is 17.4 Å². The molecule has 0 bridgehead atoms. The van der Waals surface area contributed by atoms with E-state index in [-0.39, 0.29) is 11.8 Å². The van der Waals surface area contributed by atoms with E-state index in [0.717, 1.165) is 42.7 Å². The molecule has 0 aliphatic heterocycles. The maximum absolute atomic E-state index is 12.3. The zero-order valence-electron chi connectivity index (χ0n) is 16.7. The Morgan fingerprint density at radius 3 is 2.67 bits per heavy atom. The Labute approximate surface area is 160 Å². The van der Waals surface area contributed by atoms with E-state index < -0.39 is 12.0 Å². The van der Waals surface area contributed by atoms with Gasteiger partial charge in [-0.15, -0.1) is 0 Å². The van der Waals surface area contributed by atoms with Crippen LogP contribution < -0.4 is 0 Å². The van der Waals surface area contributed by atoms with E-state index in [1.807, 2.05) is 26.8 Å². The van der Waals surface area contributed by atoms with Crippen molar-refractivity contribution < 1.29 is 14.7 Å².